The van der Waals surface area contributed by atoms with Crippen LogP contribution in [-0.2, 0) is 6.54 Å². The lowest BCUT2D eigenvalue weighted by atomic mass is 10.1. The Morgan fingerprint density at radius 1 is 1.03 bits per heavy atom. The van der Waals surface area contributed by atoms with E-state index in [0.29, 0.717) is 35.2 Å². The van der Waals surface area contributed by atoms with Gasteiger partial charge in [0.2, 0.25) is 0 Å². The van der Waals surface area contributed by atoms with E-state index in [4.69, 9.17) is 0 Å². The highest BCUT2D eigenvalue weighted by Gasteiger charge is 2.15. The standard InChI is InChI=1S/C23H21N9O/c1-3-31-20(9-11-27-31)30-23(33)16-8-7-15(2)18(12-16)29-21-17-13-28-32(22(17)26-14-25-21)19-6-4-5-10-24-19/h4-14H,3H2,1-2H3,(H,30,33)(H,25,26,29). The zero-order valence-electron chi connectivity index (χ0n) is 18.1. The van der Waals surface area contributed by atoms with Gasteiger partial charge in [-0.3, -0.25) is 4.79 Å². The van der Waals surface area contributed by atoms with Crippen LogP contribution in [0.4, 0.5) is 17.3 Å². The van der Waals surface area contributed by atoms with Gasteiger partial charge in [-0.25, -0.2) is 19.6 Å². The normalized spacial score (nSPS) is 11.0. The van der Waals surface area contributed by atoms with Gasteiger partial charge in [0.15, 0.2) is 11.5 Å². The van der Waals surface area contributed by atoms with E-state index in [-0.39, 0.29) is 5.91 Å². The maximum absolute atomic E-state index is 12.8. The number of fused-ring (bicyclic) bond motifs is 1. The molecule has 0 saturated heterocycles. The molecule has 0 spiro atoms. The highest BCUT2D eigenvalue weighted by Crippen LogP contribution is 2.27. The first kappa shape index (κ1) is 20.3. The van der Waals surface area contributed by atoms with Crippen molar-refractivity contribution in [2.24, 2.45) is 0 Å². The summed E-state index contributed by atoms with van der Waals surface area (Å²) in [6, 6.07) is 12.8. The molecule has 10 nitrogen and oxygen atoms in total. The molecule has 33 heavy (non-hydrogen) atoms. The monoisotopic (exact) mass is 439 g/mol. The van der Waals surface area contributed by atoms with Gasteiger partial charge >= 0.3 is 0 Å². The number of hydrogen-bond acceptors (Lipinski definition) is 7. The van der Waals surface area contributed by atoms with Crippen LogP contribution in [-0.4, -0.2) is 40.4 Å². The van der Waals surface area contributed by atoms with Gasteiger partial charge in [0.1, 0.15) is 18.0 Å². The molecule has 0 atom stereocenters. The molecule has 2 N–H and O–H groups in total. The average molecular weight is 439 g/mol. The first-order valence-corrected chi connectivity index (χ1v) is 10.4. The largest absolute Gasteiger partial charge is 0.339 e. The molecule has 0 fully saturated rings. The second kappa shape index (κ2) is 8.50. The van der Waals surface area contributed by atoms with Crippen LogP contribution in [0, 0.1) is 6.92 Å². The van der Waals surface area contributed by atoms with Crippen molar-refractivity contribution < 1.29 is 4.79 Å². The molecule has 0 aliphatic heterocycles. The lowest BCUT2D eigenvalue weighted by Gasteiger charge is -2.12. The summed E-state index contributed by atoms with van der Waals surface area (Å²) < 4.78 is 3.39. The quantitative estimate of drug-likeness (QED) is 0.414. The molecule has 4 heterocycles. The summed E-state index contributed by atoms with van der Waals surface area (Å²) in [6.07, 6.45) is 6.54. The topological polar surface area (TPSA) is 115 Å². The molecule has 0 unspecified atom stereocenters. The van der Waals surface area contributed by atoms with Crippen LogP contribution in [0.1, 0.15) is 22.8 Å². The van der Waals surface area contributed by atoms with Crippen molar-refractivity contribution in [3.63, 3.8) is 0 Å². The zero-order chi connectivity index (χ0) is 22.8. The highest BCUT2D eigenvalue weighted by molar-refractivity contribution is 6.04. The lowest BCUT2D eigenvalue weighted by Crippen LogP contribution is -2.15. The van der Waals surface area contributed by atoms with Crippen molar-refractivity contribution in [1.82, 2.24) is 34.5 Å². The summed E-state index contributed by atoms with van der Waals surface area (Å²) in [5.74, 6) is 1.69. The summed E-state index contributed by atoms with van der Waals surface area (Å²) in [4.78, 5) is 26.0. The summed E-state index contributed by atoms with van der Waals surface area (Å²) in [6.45, 7) is 4.60. The Hall–Kier alpha value is -4.60. The molecule has 0 radical (unpaired) electrons. The van der Waals surface area contributed by atoms with Gasteiger partial charge in [-0.1, -0.05) is 12.1 Å². The minimum atomic E-state index is -0.218. The predicted molar refractivity (Wildman–Crippen MR) is 125 cm³/mol. The number of nitrogens with one attached hydrogen (secondary N) is 2. The summed E-state index contributed by atoms with van der Waals surface area (Å²) >= 11 is 0. The highest BCUT2D eigenvalue weighted by atomic mass is 16.1. The summed E-state index contributed by atoms with van der Waals surface area (Å²) in [5.41, 5.74) is 2.87. The second-order valence-electron chi connectivity index (χ2n) is 7.34. The van der Waals surface area contributed by atoms with Gasteiger partial charge in [-0.05, 0) is 43.7 Å². The number of carbonyl (C=O) groups excluding carboxylic acids is 1. The number of pyridine rings is 1. The molecule has 10 heteroatoms. The Kier molecular flexibility index (Phi) is 5.23. The van der Waals surface area contributed by atoms with E-state index >= 15 is 0 Å². The maximum Gasteiger partial charge on any atom is 0.256 e. The third-order valence-electron chi connectivity index (χ3n) is 5.24. The number of amides is 1. The lowest BCUT2D eigenvalue weighted by molar-refractivity contribution is 0.102. The maximum atomic E-state index is 12.8. The number of nitrogens with zero attached hydrogens (tertiary/aromatic N) is 7. The molecule has 164 valence electrons. The number of rotatable bonds is 6. The Bertz CT molecular complexity index is 1440. The van der Waals surface area contributed by atoms with Crippen molar-refractivity contribution in [3.05, 3.63) is 78.5 Å². The first-order valence-electron chi connectivity index (χ1n) is 10.4. The van der Waals surface area contributed by atoms with Gasteiger partial charge in [-0.15, -0.1) is 0 Å². The van der Waals surface area contributed by atoms with Crippen LogP contribution in [0.2, 0.25) is 0 Å². The Labute approximate surface area is 189 Å². The fourth-order valence-electron chi connectivity index (χ4n) is 3.50. The minimum Gasteiger partial charge on any atom is -0.339 e. The molecule has 5 aromatic rings. The van der Waals surface area contributed by atoms with E-state index in [1.165, 1.54) is 6.33 Å². The zero-order valence-corrected chi connectivity index (χ0v) is 18.1. The van der Waals surface area contributed by atoms with E-state index in [1.54, 1.807) is 46.2 Å². The van der Waals surface area contributed by atoms with Gasteiger partial charge in [-0.2, -0.15) is 14.9 Å². The van der Waals surface area contributed by atoms with Crippen LogP contribution in [0.25, 0.3) is 16.9 Å². The molecule has 5 rings (SSSR count). The number of aromatic nitrogens is 7. The van der Waals surface area contributed by atoms with E-state index in [9.17, 15) is 4.79 Å². The van der Waals surface area contributed by atoms with Crippen molar-refractivity contribution >= 4 is 34.3 Å². The molecule has 1 amide bonds. The third kappa shape index (κ3) is 3.89. The molecule has 0 aliphatic rings. The van der Waals surface area contributed by atoms with Gasteiger partial charge in [0.25, 0.3) is 5.91 Å². The van der Waals surface area contributed by atoms with Crippen molar-refractivity contribution in [2.75, 3.05) is 10.6 Å². The van der Waals surface area contributed by atoms with Crippen LogP contribution in [0.3, 0.4) is 0 Å². The van der Waals surface area contributed by atoms with Crippen LogP contribution in [0.15, 0.2) is 67.4 Å². The Morgan fingerprint density at radius 3 is 2.76 bits per heavy atom. The Balaban J connectivity index is 1.45. The molecule has 4 aromatic heterocycles. The van der Waals surface area contributed by atoms with Gasteiger partial charge < -0.3 is 10.6 Å². The molecule has 1 aromatic carbocycles. The van der Waals surface area contributed by atoms with E-state index < -0.39 is 0 Å². The van der Waals surface area contributed by atoms with Gasteiger partial charge in [0.05, 0.1) is 17.8 Å². The number of aryl methyl sites for hydroxylation is 2. The third-order valence-corrected chi connectivity index (χ3v) is 5.24. The van der Waals surface area contributed by atoms with Crippen molar-refractivity contribution in [2.45, 2.75) is 20.4 Å². The number of hydrogen-bond donors (Lipinski definition) is 2. The summed E-state index contributed by atoms with van der Waals surface area (Å²) in [5, 5.41) is 15.6. The molecule has 0 aliphatic carbocycles. The molecular weight excluding hydrogens is 418 g/mol. The smallest absolute Gasteiger partial charge is 0.256 e. The number of carbonyl (C=O) groups is 1. The first-order chi connectivity index (χ1) is 16.1. The fraction of sp³-hybridized carbons (Fsp3) is 0.130. The molecule has 0 bridgehead atoms. The van der Waals surface area contributed by atoms with Crippen molar-refractivity contribution in [3.8, 4) is 5.82 Å². The second-order valence-corrected chi connectivity index (χ2v) is 7.34. The minimum absolute atomic E-state index is 0.218. The number of anilines is 3. The van der Waals surface area contributed by atoms with Crippen LogP contribution in [0.5, 0.6) is 0 Å². The molecule has 0 saturated carbocycles. The predicted octanol–water partition coefficient (Wildman–Crippen LogP) is 3.73. The van der Waals surface area contributed by atoms with E-state index in [0.717, 1.165) is 16.6 Å². The van der Waals surface area contributed by atoms with Crippen LogP contribution >= 0.6 is 0 Å². The number of benzene rings is 1. The van der Waals surface area contributed by atoms with Crippen LogP contribution < -0.4 is 10.6 Å². The fourth-order valence-corrected chi connectivity index (χ4v) is 3.50. The van der Waals surface area contributed by atoms with Gasteiger partial charge in [0, 0.05) is 30.1 Å². The average Bonchev–Trinajstić information content (AvgIpc) is 3.48. The summed E-state index contributed by atoms with van der Waals surface area (Å²) in [7, 11) is 0. The SMILES string of the molecule is CCn1nccc1NC(=O)c1ccc(C)c(Nc2ncnc3c2cnn3-c2ccccn2)c1. The van der Waals surface area contributed by atoms with E-state index in [2.05, 4.69) is 35.8 Å². The molecular formula is C23H21N9O. The van der Waals surface area contributed by atoms with E-state index in [1.807, 2.05) is 38.1 Å². The van der Waals surface area contributed by atoms with Crippen molar-refractivity contribution in [1.29, 1.82) is 0 Å². The Morgan fingerprint density at radius 2 is 1.94 bits per heavy atom.